The van der Waals surface area contributed by atoms with Gasteiger partial charge in [-0.25, -0.2) is 8.42 Å². The van der Waals surface area contributed by atoms with Crippen molar-refractivity contribution < 1.29 is 13.2 Å². The second kappa shape index (κ2) is 3.49. The number of nitrogens with zero attached hydrogens (tertiary/aromatic N) is 2. The van der Waals surface area contributed by atoms with E-state index in [0.717, 1.165) is 0 Å². The number of rotatable bonds is 1. The Kier molecular flexibility index (Phi) is 2.27. The molecule has 1 fully saturated rings. The zero-order valence-corrected chi connectivity index (χ0v) is 10.6. The van der Waals surface area contributed by atoms with Gasteiger partial charge < -0.3 is 4.74 Å². The van der Waals surface area contributed by atoms with Crippen LogP contribution in [-0.2, 0) is 9.84 Å². The van der Waals surface area contributed by atoms with E-state index in [1.807, 2.05) is 0 Å². The molecule has 0 saturated carbocycles. The molecule has 2 atom stereocenters. The van der Waals surface area contributed by atoms with Crippen LogP contribution in [0, 0.1) is 0 Å². The molecule has 0 spiro atoms. The third-order valence-electron chi connectivity index (χ3n) is 2.97. The first-order valence-electron chi connectivity index (χ1n) is 5.05. The molecule has 17 heavy (non-hydrogen) atoms. The molecule has 0 radical (unpaired) electrons. The SMILES string of the molecule is COc1cc(=O)n2c(n1)SC1CS(=O)(=O)CC12. The summed E-state index contributed by atoms with van der Waals surface area (Å²) >= 11 is 1.35. The number of ether oxygens (including phenoxy) is 1. The standard InChI is InChI=1S/C9H10N2O4S2/c1-15-7-2-8(12)11-5-3-17(13,14)4-6(5)16-9(11)10-7/h2,5-6H,3-4H2,1H3. The molecule has 0 N–H and O–H groups in total. The summed E-state index contributed by atoms with van der Waals surface area (Å²) in [6.07, 6.45) is 0. The number of hydrogen-bond donors (Lipinski definition) is 0. The molecule has 1 saturated heterocycles. The van der Waals surface area contributed by atoms with E-state index in [0.29, 0.717) is 5.16 Å². The lowest BCUT2D eigenvalue weighted by atomic mass is 10.2. The van der Waals surface area contributed by atoms with Crippen LogP contribution in [0.4, 0.5) is 0 Å². The second-order valence-electron chi connectivity index (χ2n) is 4.09. The van der Waals surface area contributed by atoms with Gasteiger partial charge in [-0.15, -0.1) is 0 Å². The molecule has 0 aliphatic carbocycles. The van der Waals surface area contributed by atoms with E-state index in [2.05, 4.69) is 4.98 Å². The van der Waals surface area contributed by atoms with Gasteiger partial charge in [0.25, 0.3) is 5.56 Å². The molecular formula is C9H10N2O4S2. The summed E-state index contributed by atoms with van der Waals surface area (Å²) in [6, 6.07) is 1.02. The van der Waals surface area contributed by atoms with E-state index in [4.69, 9.17) is 4.74 Å². The lowest BCUT2D eigenvalue weighted by Crippen LogP contribution is -2.26. The summed E-state index contributed by atoms with van der Waals surface area (Å²) in [7, 11) is -1.57. The number of sulfone groups is 1. The van der Waals surface area contributed by atoms with Crippen LogP contribution in [0.1, 0.15) is 6.04 Å². The minimum atomic E-state index is -3.02. The van der Waals surface area contributed by atoms with Crippen molar-refractivity contribution in [3.63, 3.8) is 0 Å². The number of methoxy groups -OCH3 is 1. The van der Waals surface area contributed by atoms with Gasteiger partial charge in [0.1, 0.15) is 0 Å². The third-order valence-corrected chi connectivity index (χ3v) is 6.18. The first-order chi connectivity index (χ1) is 8.00. The topological polar surface area (TPSA) is 78.3 Å². The van der Waals surface area contributed by atoms with Gasteiger partial charge in [0, 0.05) is 5.25 Å². The number of thioether (sulfide) groups is 1. The van der Waals surface area contributed by atoms with Crippen LogP contribution < -0.4 is 10.3 Å². The molecule has 1 aromatic heterocycles. The lowest BCUT2D eigenvalue weighted by Gasteiger charge is -2.09. The molecule has 3 heterocycles. The highest BCUT2D eigenvalue weighted by Gasteiger charge is 2.45. The molecule has 0 amide bonds. The smallest absolute Gasteiger partial charge is 0.258 e. The van der Waals surface area contributed by atoms with Gasteiger partial charge in [0.15, 0.2) is 15.0 Å². The Morgan fingerprint density at radius 1 is 1.53 bits per heavy atom. The quantitative estimate of drug-likeness (QED) is 0.654. The van der Waals surface area contributed by atoms with Crippen molar-refractivity contribution in [2.75, 3.05) is 18.6 Å². The molecule has 92 valence electrons. The molecule has 0 bridgehead atoms. The van der Waals surface area contributed by atoms with E-state index in [1.54, 1.807) is 0 Å². The number of aromatic nitrogens is 2. The monoisotopic (exact) mass is 274 g/mol. The van der Waals surface area contributed by atoms with Gasteiger partial charge in [-0.05, 0) is 0 Å². The van der Waals surface area contributed by atoms with E-state index in [-0.39, 0.29) is 34.2 Å². The Balaban J connectivity index is 2.12. The van der Waals surface area contributed by atoms with Crippen LogP contribution in [0.15, 0.2) is 16.0 Å². The summed E-state index contributed by atoms with van der Waals surface area (Å²) < 4.78 is 29.4. The Morgan fingerprint density at radius 3 is 3.00 bits per heavy atom. The summed E-state index contributed by atoms with van der Waals surface area (Å²) in [5.41, 5.74) is -0.246. The predicted molar refractivity (Wildman–Crippen MR) is 62.4 cm³/mol. The predicted octanol–water partition coefficient (Wildman–Crippen LogP) is -0.304. The highest BCUT2D eigenvalue weighted by Crippen LogP contribution is 2.43. The summed E-state index contributed by atoms with van der Waals surface area (Å²) in [6.45, 7) is 0. The van der Waals surface area contributed by atoms with Crippen molar-refractivity contribution in [2.24, 2.45) is 0 Å². The summed E-state index contributed by atoms with van der Waals surface area (Å²) in [5, 5.41) is 0.464. The molecular weight excluding hydrogens is 264 g/mol. The van der Waals surface area contributed by atoms with E-state index < -0.39 is 9.84 Å². The van der Waals surface area contributed by atoms with Crippen molar-refractivity contribution in [3.05, 3.63) is 16.4 Å². The van der Waals surface area contributed by atoms with Gasteiger partial charge in [0.05, 0.1) is 30.7 Å². The van der Waals surface area contributed by atoms with Crippen molar-refractivity contribution in [3.8, 4) is 5.88 Å². The van der Waals surface area contributed by atoms with Gasteiger partial charge in [-0.1, -0.05) is 11.8 Å². The zero-order chi connectivity index (χ0) is 12.2. The minimum absolute atomic E-state index is 0.0333. The molecule has 1 aromatic rings. The van der Waals surface area contributed by atoms with Gasteiger partial charge in [0.2, 0.25) is 5.88 Å². The van der Waals surface area contributed by atoms with Crippen LogP contribution in [0.3, 0.4) is 0 Å². The Hall–Kier alpha value is -1.02. The average molecular weight is 274 g/mol. The minimum Gasteiger partial charge on any atom is -0.481 e. The van der Waals surface area contributed by atoms with Gasteiger partial charge >= 0.3 is 0 Å². The number of hydrogen-bond acceptors (Lipinski definition) is 6. The van der Waals surface area contributed by atoms with Crippen LogP contribution in [0.25, 0.3) is 0 Å². The van der Waals surface area contributed by atoms with E-state index >= 15 is 0 Å². The Labute approximate surface area is 102 Å². The summed E-state index contributed by atoms with van der Waals surface area (Å²) in [5.74, 6) is 0.426. The highest BCUT2D eigenvalue weighted by molar-refractivity contribution is 8.02. The van der Waals surface area contributed by atoms with Gasteiger partial charge in [-0.3, -0.25) is 9.36 Å². The fourth-order valence-electron chi connectivity index (χ4n) is 2.23. The number of fused-ring (bicyclic) bond motifs is 3. The van der Waals surface area contributed by atoms with Gasteiger partial charge in [-0.2, -0.15) is 4.98 Å². The van der Waals surface area contributed by atoms with E-state index in [9.17, 15) is 13.2 Å². The van der Waals surface area contributed by atoms with Crippen molar-refractivity contribution >= 4 is 21.6 Å². The fraction of sp³-hybridized carbons (Fsp3) is 0.556. The van der Waals surface area contributed by atoms with E-state index in [1.165, 1.54) is 29.5 Å². The first kappa shape index (κ1) is 11.1. The highest BCUT2D eigenvalue weighted by atomic mass is 32.2. The van der Waals surface area contributed by atoms with Crippen LogP contribution in [0.5, 0.6) is 5.88 Å². The van der Waals surface area contributed by atoms with Crippen LogP contribution in [-0.4, -0.2) is 41.8 Å². The van der Waals surface area contributed by atoms with Crippen molar-refractivity contribution in [1.82, 2.24) is 9.55 Å². The van der Waals surface area contributed by atoms with Crippen LogP contribution in [0.2, 0.25) is 0 Å². The largest absolute Gasteiger partial charge is 0.481 e. The maximum absolute atomic E-state index is 11.9. The lowest BCUT2D eigenvalue weighted by molar-refractivity contribution is 0.382. The molecule has 2 aliphatic rings. The molecule has 3 rings (SSSR count). The Morgan fingerprint density at radius 2 is 2.29 bits per heavy atom. The van der Waals surface area contributed by atoms with Crippen LogP contribution >= 0.6 is 11.8 Å². The van der Waals surface area contributed by atoms with Crippen molar-refractivity contribution in [2.45, 2.75) is 16.4 Å². The molecule has 2 aliphatic heterocycles. The first-order valence-corrected chi connectivity index (χ1v) is 7.75. The average Bonchev–Trinajstić information content (AvgIpc) is 2.68. The maximum atomic E-state index is 11.9. The Bertz CT molecular complexity index is 637. The normalized spacial score (nSPS) is 28.8. The molecule has 6 nitrogen and oxygen atoms in total. The molecule has 0 aromatic carbocycles. The molecule has 8 heteroatoms. The molecule has 2 unspecified atom stereocenters. The second-order valence-corrected chi connectivity index (χ2v) is 7.45. The van der Waals surface area contributed by atoms with Crippen molar-refractivity contribution in [1.29, 1.82) is 0 Å². The third kappa shape index (κ3) is 1.66. The zero-order valence-electron chi connectivity index (χ0n) is 8.99. The fourth-order valence-corrected chi connectivity index (χ4v) is 6.13. The maximum Gasteiger partial charge on any atom is 0.258 e. The summed E-state index contributed by atoms with van der Waals surface area (Å²) in [4.78, 5) is 16.1.